The van der Waals surface area contributed by atoms with Gasteiger partial charge in [0.2, 0.25) is 0 Å². The Balaban J connectivity index is 1.25. The van der Waals surface area contributed by atoms with Crippen LogP contribution in [-0.4, -0.2) is 16.1 Å². The smallest absolute Gasteiger partial charge is 0.160 e. The molecule has 0 amide bonds. The second-order valence-corrected chi connectivity index (χ2v) is 14.6. The molecule has 10 aromatic rings. The highest BCUT2D eigenvalue weighted by molar-refractivity contribution is 6.19. The molecule has 4 nitrogen and oxygen atoms in total. The number of para-hydroxylation sites is 2. The summed E-state index contributed by atoms with van der Waals surface area (Å²) in [7, 11) is 0. The highest BCUT2D eigenvalue weighted by Crippen LogP contribution is 2.43. The van der Waals surface area contributed by atoms with Crippen molar-refractivity contribution in [2.24, 2.45) is 15.9 Å². The molecule has 0 N–H and O–H groups in total. The van der Waals surface area contributed by atoms with Crippen LogP contribution in [0, 0.1) is 5.92 Å². The van der Waals surface area contributed by atoms with Crippen LogP contribution >= 0.6 is 0 Å². The van der Waals surface area contributed by atoms with Gasteiger partial charge in [-0.05, 0) is 76.0 Å². The number of aromatic nitrogens is 1. The maximum atomic E-state index is 6.59. The summed E-state index contributed by atoms with van der Waals surface area (Å²) in [6.45, 7) is 2.27. The lowest BCUT2D eigenvalue weighted by atomic mass is 9.92. The third-order valence-electron chi connectivity index (χ3n) is 11.2. The van der Waals surface area contributed by atoms with Crippen molar-refractivity contribution < 1.29 is 4.42 Å². The second-order valence-electron chi connectivity index (χ2n) is 14.6. The number of rotatable bonds is 4. The first-order chi connectivity index (χ1) is 27.2. The predicted octanol–water partition coefficient (Wildman–Crippen LogP) is 13.3. The molecule has 4 heteroatoms. The third kappa shape index (κ3) is 5.14. The van der Waals surface area contributed by atoms with Gasteiger partial charge >= 0.3 is 0 Å². The topological polar surface area (TPSA) is 42.8 Å². The highest BCUT2D eigenvalue weighted by Gasteiger charge is 2.25. The fraction of sp³-hybridized carbons (Fsp3) is 0.0588. The van der Waals surface area contributed by atoms with Crippen molar-refractivity contribution >= 4 is 82.5 Å². The first-order valence-corrected chi connectivity index (χ1v) is 19.0. The fourth-order valence-electron chi connectivity index (χ4n) is 8.55. The fourth-order valence-corrected chi connectivity index (χ4v) is 8.55. The van der Waals surface area contributed by atoms with Gasteiger partial charge in [0.15, 0.2) is 5.84 Å². The van der Waals surface area contributed by atoms with E-state index < -0.39 is 0 Å². The van der Waals surface area contributed by atoms with E-state index in [9.17, 15) is 0 Å². The van der Waals surface area contributed by atoms with Gasteiger partial charge in [-0.25, -0.2) is 9.98 Å². The zero-order valence-electron chi connectivity index (χ0n) is 30.3. The van der Waals surface area contributed by atoms with Gasteiger partial charge in [0, 0.05) is 38.6 Å². The molecule has 2 aromatic heterocycles. The van der Waals surface area contributed by atoms with Crippen LogP contribution in [0.3, 0.4) is 0 Å². The molecule has 260 valence electrons. The molecule has 55 heavy (non-hydrogen) atoms. The molecule has 1 aliphatic rings. The first-order valence-electron chi connectivity index (χ1n) is 19.0. The van der Waals surface area contributed by atoms with Gasteiger partial charge in [0.05, 0.1) is 28.1 Å². The van der Waals surface area contributed by atoms with E-state index in [1.165, 1.54) is 26.9 Å². The van der Waals surface area contributed by atoms with Gasteiger partial charge < -0.3 is 8.98 Å². The SMILES string of the molecule is CC1C/C=C(\c2c(-n3c4ccccc4c4cc5ccccc5cc43)ccc3oc4ccccc4c23)N=C(c2ccc3ccccc3c2)N=C1c1ccccc1. The van der Waals surface area contributed by atoms with Gasteiger partial charge in [0.25, 0.3) is 0 Å². The van der Waals surface area contributed by atoms with E-state index in [2.05, 4.69) is 181 Å². The second kappa shape index (κ2) is 12.5. The van der Waals surface area contributed by atoms with Crippen molar-refractivity contribution in [1.82, 2.24) is 4.57 Å². The van der Waals surface area contributed by atoms with Crippen LogP contribution in [0.5, 0.6) is 0 Å². The number of fused-ring (bicyclic) bond motifs is 8. The molecule has 11 rings (SSSR count). The Morgan fingerprint density at radius 3 is 2.05 bits per heavy atom. The maximum Gasteiger partial charge on any atom is 0.160 e. The molecular weight excluding hydrogens is 671 g/mol. The molecule has 8 aromatic carbocycles. The van der Waals surface area contributed by atoms with Crippen LogP contribution in [0.4, 0.5) is 0 Å². The molecule has 0 aliphatic carbocycles. The molecule has 1 unspecified atom stereocenters. The van der Waals surface area contributed by atoms with Gasteiger partial charge in [-0.15, -0.1) is 0 Å². The summed E-state index contributed by atoms with van der Waals surface area (Å²) in [5, 5.41) is 9.31. The Morgan fingerprint density at radius 2 is 1.22 bits per heavy atom. The summed E-state index contributed by atoms with van der Waals surface area (Å²) in [5.41, 5.74) is 10.1. The molecular formula is C51H35N3O. The number of aliphatic imine (C=N–C) groups is 2. The lowest BCUT2D eigenvalue weighted by molar-refractivity contribution is 0.669. The summed E-state index contributed by atoms with van der Waals surface area (Å²) in [5.74, 6) is 0.818. The molecule has 0 saturated carbocycles. The third-order valence-corrected chi connectivity index (χ3v) is 11.2. The summed E-state index contributed by atoms with van der Waals surface area (Å²) >= 11 is 0. The maximum absolute atomic E-state index is 6.59. The van der Waals surface area contributed by atoms with E-state index in [0.29, 0.717) is 5.84 Å². The quantitative estimate of drug-likeness (QED) is 0.180. The Morgan fingerprint density at radius 1 is 0.527 bits per heavy atom. The summed E-state index contributed by atoms with van der Waals surface area (Å²) < 4.78 is 9.02. The minimum Gasteiger partial charge on any atom is -0.456 e. The van der Waals surface area contributed by atoms with Crippen molar-refractivity contribution in [2.45, 2.75) is 13.3 Å². The van der Waals surface area contributed by atoms with Crippen LogP contribution in [-0.2, 0) is 0 Å². The van der Waals surface area contributed by atoms with Crippen molar-refractivity contribution in [2.75, 3.05) is 0 Å². The number of nitrogens with zero attached hydrogens (tertiary/aromatic N) is 3. The molecule has 3 heterocycles. The molecule has 0 radical (unpaired) electrons. The van der Waals surface area contributed by atoms with Crippen LogP contribution < -0.4 is 0 Å². The Bertz CT molecular complexity index is 3250. The zero-order chi connectivity index (χ0) is 36.5. The summed E-state index contributed by atoms with van der Waals surface area (Å²) in [6, 6.07) is 60.3. The number of hydrogen-bond donors (Lipinski definition) is 0. The van der Waals surface area contributed by atoms with Crippen LogP contribution in [0.2, 0.25) is 0 Å². The minimum atomic E-state index is 0.131. The highest BCUT2D eigenvalue weighted by atomic mass is 16.3. The Hall–Kier alpha value is -7.04. The normalized spacial score (nSPS) is 16.0. The van der Waals surface area contributed by atoms with E-state index in [1.807, 2.05) is 6.07 Å². The number of furan rings is 1. The summed E-state index contributed by atoms with van der Waals surface area (Å²) in [6.07, 6.45) is 3.09. The lowest BCUT2D eigenvalue weighted by Crippen LogP contribution is -2.17. The molecule has 0 fully saturated rings. The monoisotopic (exact) mass is 705 g/mol. The van der Waals surface area contributed by atoms with E-state index in [1.54, 1.807) is 0 Å². The van der Waals surface area contributed by atoms with Crippen molar-refractivity contribution in [1.29, 1.82) is 0 Å². The first kappa shape index (κ1) is 31.5. The van der Waals surface area contributed by atoms with E-state index in [0.717, 1.165) is 78.6 Å². The number of hydrogen-bond acceptors (Lipinski definition) is 3. The molecule has 1 atom stereocenters. The minimum absolute atomic E-state index is 0.131. The van der Waals surface area contributed by atoms with E-state index in [-0.39, 0.29) is 5.92 Å². The van der Waals surface area contributed by atoms with Crippen LogP contribution in [0.15, 0.2) is 190 Å². The van der Waals surface area contributed by atoms with Crippen LogP contribution in [0.25, 0.3) is 76.7 Å². The molecule has 0 spiro atoms. The zero-order valence-corrected chi connectivity index (χ0v) is 30.3. The van der Waals surface area contributed by atoms with E-state index >= 15 is 0 Å². The van der Waals surface area contributed by atoms with Gasteiger partial charge in [0.1, 0.15) is 11.2 Å². The average molecular weight is 706 g/mol. The average Bonchev–Trinajstić information content (AvgIpc) is 3.77. The summed E-state index contributed by atoms with van der Waals surface area (Å²) in [4.78, 5) is 11.1. The molecule has 0 saturated heterocycles. The van der Waals surface area contributed by atoms with Gasteiger partial charge in [-0.1, -0.05) is 140 Å². The largest absolute Gasteiger partial charge is 0.456 e. The Labute approximate surface area is 318 Å². The van der Waals surface area contributed by atoms with Crippen molar-refractivity contribution in [3.05, 3.63) is 193 Å². The number of allylic oxidation sites excluding steroid dienone is 1. The number of benzene rings is 8. The molecule has 1 aliphatic heterocycles. The van der Waals surface area contributed by atoms with Crippen LogP contribution in [0.1, 0.15) is 30.0 Å². The van der Waals surface area contributed by atoms with Gasteiger partial charge in [-0.3, -0.25) is 0 Å². The van der Waals surface area contributed by atoms with Crippen molar-refractivity contribution in [3.63, 3.8) is 0 Å². The van der Waals surface area contributed by atoms with Crippen molar-refractivity contribution in [3.8, 4) is 5.69 Å². The van der Waals surface area contributed by atoms with E-state index in [4.69, 9.17) is 14.4 Å². The number of amidine groups is 1. The molecule has 0 bridgehead atoms. The predicted molar refractivity (Wildman–Crippen MR) is 231 cm³/mol. The van der Waals surface area contributed by atoms with Gasteiger partial charge in [-0.2, -0.15) is 0 Å². The Kier molecular flexibility index (Phi) is 7.17. The lowest BCUT2D eigenvalue weighted by Gasteiger charge is -2.20. The standard InChI is InChI=1S/C51H35N3O/c1-32-23-26-42(52-51(53-50(32)34-14-3-2-4-15-34)38-25-24-33-13-5-6-16-35(33)29-38)49-44(27-28-47-48(49)40-20-10-12-22-46(40)55-47)54-43-21-11-9-19-39(43)41-30-36-17-7-8-18-37(36)31-45(41)54/h2-22,24-32H,23H2,1H3/b42-26+,52-51?,53-50?.